The largest absolute Gasteiger partial charge is 0.376 e. The highest BCUT2D eigenvalue weighted by atomic mass is 16.5. The van der Waals surface area contributed by atoms with Crippen LogP contribution in [0.4, 0.5) is 0 Å². The number of ether oxygens (including phenoxy) is 1. The van der Waals surface area contributed by atoms with Crippen LogP contribution in [0.5, 0.6) is 0 Å². The predicted octanol–water partition coefficient (Wildman–Crippen LogP) is 0.216. The average Bonchev–Trinajstić information content (AvgIpc) is 2.87. The second-order valence-corrected chi connectivity index (χ2v) is 3.85. The fraction of sp³-hybridized carbons (Fsp3) is 0.700. The van der Waals surface area contributed by atoms with Gasteiger partial charge in [0.1, 0.15) is 0 Å². The lowest BCUT2D eigenvalue weighted by molar-refractivity contribution is -0.121. The van der Waals surface area contributed by atoms with Gasteiger partial charge in [0.25, 0.3) is 0 Å². The molecule has 16 heavy (non-hydrogen) atoms. The molecule has 1 aliphatic rings. The Kier molecular flexibility index (Phi) is 3.51. The van der Waals surface area contributed by atoms with Crippen LogP contribution in [0, 0.1) is 6.92 Å². The Bertz CT molecular complexity index is 358. The van der Waals surface area contributed by atoms with Gasteiger partial charge in [-0.25, -0.2) is 0 Å². The first kappa shape index (κ1) is 11.1. The third-order valence-electron chi connectivity index (χ3n) is 2.44. The van der Waals surface area contributed by atoms with E-state index in [9.17, 15) is 4.79 Å². The predicted molar refractivity (Wildman–Crippen MR) is 54.7 cm³/mol. The second kappa shape index (κ2) is 5.07. The van der Waals surface area contributed by atoms with Crippen molar-refractivity contribution in [3.05, 3.63) is 11.7 Å². The first-order valence-corrected chi connectivity index (χ1v) is 5.41. The van der Waals surface area contributed by atoms with Crippen LogP contribution < -0.4 is 5.32 Å². The number of nitrogens with one attached hydrogen (secondary N) is 1. The van der Waals surface area contributed by atoms with Gasteiger partial charge >= 0.3 is 0 Å². The summed E-state index contributed by atoms with van der Waals surface area (Å²) in [6.45, 7) is 3.06. The molecule has 1 aromatic rings. The van der Waals surface area contributed by atoms with Gasteiger partial charge in [-0.3, -0.25) is 4.79 Å². The molecule has 1 N–H and O–H groups in total. The molecule has 2 heterocycles. The minimum Gasteiger partial charge on any atom is -0.376 e. The Morgan fingerprint density at radius 1 is 1.62 bits per heavy atom. The van der Waals surface area contributed by atoms with E-state index in [0.29, 0.717) is 18.3 Å². The smallest absolute Gasteiger partial charge is 0.227 e. The SMILES string of the molecule is Cc1nc(CC(=O)NCC2CCCO2)no1. The Labute approximate surface area is 93.4 Å². The monoisotopic (exact) mass is 225 g/mol. The number of amides is 1. The summed E-state index contributed by atoms with van der Waals surface area (Å²) in [6, 6.07) is 0. The fourth-order valence-electron chi connectivity index (χ4n) is 1.65. The highest BCUT2D eigenvalue weighted by Crippen LogP contribution is 2.10. The Morgan fingerprint density at radius 3 is 3.12 bits per heavy atom. The Balaban J connectivity index is 1.71. The summed E-state index contributed by atoms with van der Waals surface area (Å²) in [5, 5.41) is 6.45. The standard InChI is InChI=1S/C10H15N3O3/c1-7-12-9(13-16-7)5-10(14)11-6-8-3-2-4-15-8/h8H,2-6H2,1H3,(H,11,14). The zero-order valence-corrected chi connectivity index (χ0v) is 9.23. The lowest BCUT2D eigenvalue weighted by atomic mass is 10.2. The van der Waals surface area contributed by atoms with E-state index < -0.39 is 0 Å². The number of hydrogen-bond donors (Lipinski definition) is 1. The molecule has 0 aliphatic carbocycles. The van der Waals surface area contributed by atoms with Crippen LogP contribution in [-0.4, -0.2) is 35.3 Å². The molecule has 0 saturated carbocycles. The zero-order chi connectivity index (χ0) is 11.4. The first-order valence-electron chi connectivity index (χ1n) is 5.41. The minimum atomic E-state index is -0.101. The molecule has 1 aliphatic heterocycles. The van der Waals surface area contributed by atoms with Gasteiger partial charge in [0.05, 0.1) is 12.5 Å². The van der Waals surface area contributed by atoms with Crippen LogP contribution in [0.25, 0.3) is 0 Å². The number of carbonyl (C=O) groups is 1. The number of nitrogens with zero attached hydrogens (tertiary/aromatic N) is 2. The molecule has 0 aromatic carbocycles. The van der Waals surface area contributed by atoms with E-state index >= 15 is 0 Å². The fourth-order valence-corrected chi connectivity index (χ4v) is 1.65. The van der Waals surface area contributed by atoms with Crippen molar-refractivity contribution >= 4 is 5.91 Å². The molecule has 6 nitrogen and oxygen atoms in total. The summed E-state index contributed by atoms with van der Waals surface area (Å²) in [5.74, 6) is 0.792. The van der Waals surface area contributed by atoms with Crippen LogP contribution in [0.1, 0.15) is 24.6 Å². The lowest BCUT2D eigenvalue weighted by Crippen LogP contribution is -2.33. The van der Waals surface area contributed by atoms with E-state index in [1.165, 1.54) is 0 Å². The highest BCUT2D eigenvalue weighted by Gasteiger charge is 2.16. The van der Waals surface area contributed by atoms with Gasteiger partial charge in [-0.15, -0.1) is 0 Å². The van der Waals surface area contributed by atoms with E-state index in [-0.39, 0.29) is 18.4 Å². The van der Waals surface area contributed by atoms with Crippen molar-refractivity contribution in [2.75, 3.05) is 13.2 Å². The maximum absolute atomic E-state index is 11.5. The van der Waals surface area contributed by atoms with Crippen molar-refractivity contribution in [2.24, 2.45) is 0 Å². The van der Waals surface area contributed by atoms with Gasteiger partial charge in [0, 0.05) is 20.1 Å². The van der Waals surface area contributed by atoms with Crippen molar-refractivity contribution in [1.82, 2.24) is 15.5 Å². The summed E-state index contributed by atoms with van der Waals surface area (Å²) in [7, 11) is 0. The van der Waals surface area contributed by atoms with Crippen LogP contribution in [0.15, 0.2) is 4.52 Å². The molecule has 0 radical (unpaired) electrons. The van der Waals surface area contributed by atoms with E-state index in [1.54, 1.807) is 6.92 Å². The highest BCUT2D eigenvalue weighted by molar-refractivity contribution is 5.77. The van der Waals surface area contributed by atoms with E-state index in [4.69, 9.17) is 9.26 Å². The van der Waals surface area contributed by atoms with Gasteiger partial charge in [0.2, 0.25) is 11.8 Å². The van der Waals surface area contributed by atoms with Crippen LogP contribution in [-0.2, 0) is 16.0 Å². The molecule has 1 aromatic heterocycles. The molecule has 1 fully saturated rings. The number of aryl methyl sites for hydroxylation is 1. The zero-order valence-electron chi connectivity index (χ0n) is 9.23. The topological polar surface area (TPSA) is 77.2 Å². The molecule has 1 unspecified atom stereocenters. The molecule has 1 atom stereocenters. The summed E-state index contributed by atoms with van der Waals surface area (Å²) >= 11 is 0. The first-order chi connectivity index (χ1) is 7.74. The van der Waals surface area contributed by atoms with Gasteiger partial charge in [-0.1, -0.05) is 5.16 Å². The summed E-state index contributed by atoms with van der Waals surface area (Å²) in [6.07, 6.45) is 2.41. The summed E-state index contributed by atoms with van der Waals surface area (Å²) < 4.78 is 10.2. The Morgan fingerprint density at radius 2 is 2.50 bits per heavy atom. The normalized spacial score (nSPS) is 19.9. The van der Waals surface area contributed by atoms with Gasteiger partial charge in [-0.05, 0) is 12.8 Å². The molecule has 2 rings (SSSR count). The molecule has 0 bridgehead atoms. The van der Waals surface area contributed by atoms with Gasteiger partial charge in [-0.2, -0.15) is 4.98 Å². The Hall–Kier alpha value is -1.43. The number of hydrogen-bond acceptors (Lipinski definition) is 5. The second-order valence-electron chi connectivity index (χ2n) is 3.85. The van der Waals surface area contributed by atoms with Crippen molar-refractivity contribution in [3.63, 3.8) is 0 Å². The number of rotatable bonds is 4. The van der Waals surface area contributed by atoms with Crippen LogP contribution >= 0.6 is 0 Å². The third kappa shape index (κ3) is 3.03. The molecule has 6 heteroatoms. The lowest BCUT2D eigenvalue weighted by Gasteiger charge is -2.09. The average molecular weight is 225 g/mol. The van der Waals surface area contributed by atoms with Crippen molar-refractivity contribution in [1.29, 1.82) is 0 Å². The number of aromatic nitrogens is 2. The van der Waals surface area contributed by atoms with E-state index in [0.717, 1.165) is 19.4 Å². The van der Waals surface area contributed by atoms with Crippen molar-refractivity contribution in [3.8, 4) is 0 Å². The number of carbonyl (C=O) groups excluding carboxylic acids is 1. The molecule has 0 spiro atoms. The van der Waals surface area contributed by atoms with Crippen LogP contribution in [0.2, 0.25) is 0 Å². The summed E-state index contributed by atoms with van der Waals surface area (Å²) in [5.41, 5.74) is 0. The maximum atomic E-state index is 11.5. The molecular weight excluding hydrogens is 210 g/mol. The van der Waals surface area contributed by atoms with Crippen molar-refractivity contribution < 1.29 is 14.1 Å². The molecule has 1 saturated heterocycles. The van der Waals surface area contributed by atoms with Gasteiger partial charge < -0.3 is 14.6 Å². The molecular formula is C10H15N3O3. The van der Waals surface area contributed by atoms with Crippen molar-refractivity contribution in [2.45, 2.75) is 32.3 Å². The van der Waals surface area contributed by atoms with Gasteiger partial charge in [0.15, 0.2) is 5.82 Å². The van der Waals surface area contributed by atoms with E-state index in [2.05, 4.69) is 15.5 Å². The summed E-state index contributed by atoms with van der Waals surface area (Å²) in [4.78, 5) is 15.5. The minimum absolute atomic E-state index is 0.101. The quantitative estimate of drug-likeness (QED) is 0.793. The maximum Gasteiger partial charge on any atom is 0.227 e. The third-order valence-corrected chi connectivity index (χ3v) is 2.44. The molecule has 1 amide bonds. The molecule has 88 valence electrons. The van der Waals surface area contributed by atoms with Crippen LogP contribution in [0.3, 0.4) is 0 Å². The van der Waals surface area contributed by atoms with E-state index in [1.807, 2.05) is 0 Å².